The number of nitrogens with zero attached hydrogens (tertiary/aromatic N) is 1. The third kappa shape index (κ3) is 5.12. The predicted molar refractivity (Wildman–Crippen MR) is 107 cm³/mol. The minimum absolute atomic E-state index is 0.0733. The first-order valence-electron chi connectivity index (χ1n) is 8.39. The van der Waals surface area contributed by atoms with Gasteiger partial charge in [-0.15, -0.1) is 0 Å². The monoisotopic (exact) mass is 376 g/mol. The average molecular weight is 377 g/mol. The number of hydrogen-bond donors (Lipinski definition) is 1. The molecule has 134 valence electrons. The number of carbonyl (C=O) groups is 2. The van der Waals surface area contributed by atoms with E-state index >= 15 is 0 Å². The third-order valence-corrected chi connectivity index (χ3v) is 4.15. The maximum atomic E-state index is 12.6. The molecule has 0 saturated carbocycles. The van der Waals surface area contributed by atoms with E-state index in [4.69, 9.17) is 11.6 Å². The normalized spacial score (nSPS) is 11.1. The van der Waals surface area contributed by atoms with Gasteiger partial charge in [0.2, 0.25) is 0 Å². The number of amides is 1. The number of benzene rings is 3. The summed E-state index contributed by atoms with van der Waals surface area (Å²) in [4.78, 5) is 24.9. The molecule has 3 aromatic carbocycles. The molecule has 0 aliphatic rings. The van der Waals surface area contributed by atoms with Gasteiger partial charge >= 0.3 is 0 Å². The van der Waals surface area contributed by atoms with Crippen LogP contribution in [0.5, 0.6) is 0 Å². The van der Waals surface area contributed by atoms with E-state index in [0.717, 1.165) is 5.56 Å². The van der Waals surface area contributed by atoms with Crippen molar-refractivity contribution in [2.75, 3.05) is 0 Å². The Hall–Kier alpha value is -3.24. The van der Waals surface area contributed by atoms with Gasteiger partial charge < -0.3 is 0 Å². The minimum Gasteiger partial charge on any atom is -0.294 e. The van der Waals surface area contributed by atoms with Crippen molar-refractivity contribution in [3.05, 3.63) is 107 Å². The summed E-state index contributed by atoms with van der Waals surface area (Å²) in [6.07, 6.45) is 0.0733. The highest BCUT2D eigenvalue weighted by atomic mass is 35.5. The summed E-state index contributed by atoms with van der Waals surface area (Å²) in [5, 5.41) is 4.69. The number of carbonyl (C=O) groups excluding carboxylic acids is 2. The molecular formula is C22H17ClN2O2. The molecular weight excluding hydrogens is 360 g/mol. The molecule has 3 aromatic rings. The zero-order valence-electron chi connectivity index (χ0n) is 14.4. The van der Waals surface area contributed by atoms with Gasteiger partial charge in [-0.3, -0.25) is 9.59 Å². The predicted octanol–water partition coefficient (Wildman–Crippen LogP) is 4.75. The van der Waals surface area contributed by atoms with Crippen LogP contribution in [0.3, 0.4) is 0 Å². The molecule has 0 saturated heterocycles. The van der Waals surface area contributed by atoms with Gasteiger partial charge in [0, 0.05) is 16.1 Å². The lowest BCUT2D eigenvalue weighted by Crippen LogP contribution is -2.21. The Bertz CT molecular complexity index is 970. The maximum absolute atomic E-state index is 12.6. The van der Waals surface area contributed by atoms with Crippen molar-refractivity contribution in [2.45, 2.75) is 6.42 Å². The number of ketones is 1. The van der Waals surface area contributed by atoms with E-state index in [9.17, 15) is 9.59 Å². The van der Waals surface area contributed by atoms with Gasteiger partial charge in [-0.1, -0.05) is 78.3 Å². The summed E-state index contributed by atoms with van der Waals surface area (Å²) in [6.45, 7) is 0. The van der Waals surface area contributed by atoms with E-state index in [-0.39, 0.29) is 12.2 Å². The number of halogens is 1. The van der Waals surface area contributed by atoms with Crippen molar-refractivity contribution >= 4 is 29.0 Å². The number of rotatable bonds is 6. The molecule has 0 bridgehead atoms. The molecule has 0 aromatic heterocycles. The van der Waals surface area contributed by atoms with E-state index in [1.54, 1.807) is 36.4 Å². The van der Waals surface area contributed by atoms with Crippen molar-refractivity contribution in [1.82, 2.24) is 5.43 Å². The molecule has 0 spiro atoms. The number of nitrogens with one attached hydrogen (secondary N) is 1. The quantitative estimate of drug-likeness (QED) is 0.383. The standard InChI is InChI=1S/C22H17ClN2O2/c23-19-13-7-12-18(14-19)22(27)25-24-20(16-8-3-1-4-9-16)15-21(26)17-10-5-2-6-11-17/h1-14H,15H2,(H,25,27). The van der Waals surface area contributed by atoms with Crippen molar-refractivity contribution < 1.29 is 9.59 Å². The van der Waals surface area contributed by atoms with E-state index in [1.807, 2.05) is 48.5 Å². The Kier molecular flexibility index (Phi) is 6.13. The summed E-state index contributed by atoms with van der Waals surface area (Å²) >= 11 is 5.92. The fraction of sp³-hybridized carbons (Fsp3) is 0.0455. The Balaban J connectivity index is 1.83. The van der Waals surface area contributed by atoms with Crippen LogP contribution in [-0.2, 0) is 0 Å². The van der Waals surface area contributed by atoms with E-state index in [0.29, 0.717) is 21.9 Å². The Labute approximate surface area is 162 Å². The van der Waals surface area contributed by atoms with Crippen LogP contribution in [0.1, 0.15) is 32.7 Å². The number of hydrogen-bond acceptors (Lipinski definition) is 3. The lowest BCUT2D eigenvalue weighted by molar-refractivity contribution is 0.0951. The molecule has 1 N–H and O–H groups in total. The minimum atomic E-state index is -0.391. The number of hydrazone groups is 1. The largest absolute Gasteiger partial charge is 0.294 e. The van der Waals surface area contributed by atoms with Crippen molar-refractivity contribution in [1.29, 1.82) is 0 Å². The summed E-state index contributed by atoms with van der Waals surface area (Å²) in [5.41, 5.74) is 4.77. The SMILES string of the molecule is O=C(CC(=NNC(=O)c1cccc(Cl)c1)c1ccccc1)c1ccccc1. The van der Waals surface area contributed by atoms with Crippen LogP contribution in [0.15, 0.2) is 90.0 Å². The lowest BCUT2D eigenvalue weighted by atomic mass is 10.0. The fourth-order valence-corrected chi connectivity index (χ4v) is 2.72. The van der Waals surface area contributed by atoms with Crippen LogP contribution in [0.25, 0.3) is 0 Å². The molecule has 0 aliphatic carbocycles. The van der Waals surface area contributed by atoms with Gasteiger partial charge in [0.15, 0.2) is 5.78 Å². The molecule has 4 nitrogen and oxygen atoms in total. The molecule has 27 heavy (non-hydrogen) atoms. The summed E-state index contributed by atoms with van der Waals surface area (Å²) < 4.78 is 0. The smallest absolute Gasteiger partial charge is 0.271 e. The van der Waals surface area contributed by atoms with Gasteiger partial charge in [-0.2, -0.15) is 5.10 Å². The van der Waals surface area contributed by atoms with E-state index in [2.05, 4.69) is 10.5 Å². The first kappa shape index (κ1) is 18.5. The van der Waals surface area contributed by atoms with Gasteiger partial charge in [0.1, 0.15) is 0 Å². The van der Waals surface area contributed by atoms with Crippen LogP contribution < -0.4 is 5.43 Å². The Morgan fingerprint density at radius 3 is 2.00 bits per heavy atom. The second-order valence-corrected chi connectivity index (χ2v) is 6.28. The van der Waals surface area contributed by atoms with Gasteiger partial charge in [-0.25, -0.2) is 5.43 Å². The zero-order chi connectivity index (χ0) is 19.1. The van der Waals surface area contributed by atoms with Crippen LogP contribution in [-0.4, -0.2) is 17.4 Å². The first-order valence-corrected chi connectivity index (χ1v) is 8.77. The highest BCUT2D eigenvalue weighted by Crippen LogP contribution is 2.12. The van der Waals surface area contributed by atoms with Crippen molar-refractivity contribution in [3.8, 4) is 0 Å². The topological polar surface area (TPSA) is 58.5 Å². The molecule has 1 amide bonds. The zero-order valence-corrected chi connectivity index (χ0v) is 15.2. The third-order valence-electron chi connectivity index (χ3n) is 3.91. The lowest BCUT2D eigenvalue weighted by Gasteiger charge is -2.08. The summed E-state index contributed by atoms with van der Waals surface area (Å²) in [7, 11) is 0. The van der Waals surface area contributed by atoms with Crippen LogP contribution in [0.2, 0.25) is 5.02 Å². The average Bonchev–Trinajstić information content (AvgIpc) is 2.72. The highest BCUT2D eigenvalue weighted by Gasteiger charge is 2.13. The van der Waals surface area contributed by atoms with Crippen molar-refractivity contribution in [2.24, 2.45) is 5.10 Å². The summed E-state index contributed by atoms with van der Waals surface area (Å²) in [5.74, 6) is -0.465. The van der Waals surface area contributed by atoms with Crippen LogP contribution in [0, 0.1) is 0 Å². The molecule has 0 unspecified atom stereocenters. The second kappa shape index (κ2) is 8.92. The van der Waals surface area contributed by atoms with E-state index in [1.165, 1.54) is 0 Å². The Morgan fingerprint density at radius 1 is 0.778 bits per heavy atom. The first-order chi connectivity index (χ1) is 13.1. The molecule has 0 fully saturated rings. The van der Waals surface area contributed by atoms with Gasteiger partial charge in [-0.05, 0) is 23.8 Å². The van der Waals surface area contributed by atoms with Crippen LogP contribution in [0.4, 0.5) is 0 Å². The molecule has 3 rings (SSSR count). The fourth-order valence-electron chi connectivity index (χ4n) is 2.53. The maximum Gasteiger partial charge on any atom is 0.271 e. The van der Waals surface area contributed by atoms with Gasteiger partial charge in [0.05, 0.1) is 12.1 Å². The molecule has 0 radical (unpaired) electrons. The summed E-state index contributed by atoms with van der Waals surface area (Å²) in [6, 6.07) is 24.9. The molecule has 0 atom stereocenters. The van der Waals surface area contributed by atoms with Crippen molar-refractivity contribution in [3.63, 3.8) is 0 Å². The second-order valence-electron chi connectivity index (χ2n) is 5.84. The van der Waals surface area contributed by atoms with Gasteiger partial charge in [0.25, 0.3) is 5.91 Å². The molecule has 5 heteroatoms. The number of Topliss-reactive ketones (excluding diaryl/α,β-unsaturated/α-hetero) is 1. The molecule has 0 heterocycles. The van der Waals surface area contributed by atoms with E-state index < -0.39 is 5.91 Å². The molecule has 0 aliphatic heterocycles. The highest BCUT2D eigenvalue weighted by molar-refractivity contribution is 6.31. The van der Waals surface area contributed by atoms with Crippen LogP contribution >= 0.6 is 11.6 Å². The Morgan fingerprint density at radius 2 is 1.37 bits per heavy atom.